The first-order chi connectivity index (χ1) is 11.1. The number of carbonyl (C=O) groups is 1. The first-order valence-electron chi connectivity index (χ1n) is 7.85. The Hall–Kier alpha value is -0.960. The second-order valence-corrected chi connectivity index (χ2v) is 9.54. The Bertz CT molecular complexity index is 683. The summed E-state index contributed by atoms with van der Waals surface area (Å²) in [6.45, 7) is 3.93. The molecule has 1 amide bonds. The smallest absolute Gasteiger partial charge is 0.243 e. The van der Waals surface area contributed by atoms with Crippen molar-refractivity contribution in [2.24, 2.45) is 5.92 Å². The lowest BCUT2D eigenvalue weighted by Crippen LogP contribution is -2.47. The van der Waals surface area contributed by atoms with E-state index >= 15 is 0 Å². The number of carbonyl (C=O) groups excluding carboxylic acids is 1. The van der Waals surface area contributed by atoms with Crippen molar-refractivity contribution < 1.29 is 18.3 Å². The molecule has 0 saturated carbocycles. The van der Waals surface area contributed by atoms with E-state index in [0.717, 1.165) is 4.47 Å². The van der Waals surface area contributed by atoms with E-state index in [-0.39, 0.29) is 23.9 Å². The number of nitrogens with zero attached hydrogens (tertiary/aromatic N) is 1. The molecule has 0 bridgehead atoms. The van der Waals surface area contributed by atoms with Gasteiger partial charge in [0, 0.05) is 24.1 Å². The molecule has 0 aliphatic carbocycles. The van der Waals surface area contributed by atoms with Gasteiger partial charge in [0.2, 0.25) is 15.9 Å². The highest BCUT2D eigenvalue weighted by Crippen LogP contribution is 2.25. The van der Waals surface area contributed by atoms with Gasteiger partial charge in [0.1, 0.15) is 0 Å². The van der Waals surface area contributed by atoms with Gasteiger partial charge in [-0.1, -0.05) is 15.9 Å². The highest BCUT2D eigenvalue weighted by Gasteiger charge is 2.33. The fraction of sp³-hybridized carbons (Fsp3) is 0.562. The SMILES string of the molecule is CC(C)(O)CNC(=O)[C@H]1CCCN(S(=O)(=O)c2ccc(Br)cc2)C1. The fourth-order valence-electron chi connectivity index (χ4n) is 2.58. The summed E-state index contributed by atoms with van der Waals surface area (Å²) in [6, 6.07) is 6.48. The van der Waals surface area contributed by atoms with Crippen LogP contribution in [0.5, 0.6) is 0 Å². The normalized spacial score (nSPS) is 19.9. The zero-order chi connectivity index (χ0) is 18.0. The molecule has 134 valence electrons. The number of hydrogen-bond acceptors (Lipinski definition) is 4. The number of hydrogen-bond donors (Lipinski definition) is 2. The molecule has 1 heterocycles. The van der Waals surface area contributed by atoms with Crippen LogP contribution in [0.2, 0.25) is 0 Å². The van der Waals surface area contributed by atoms with Crippen molar-refractivity contribution >= 4 is 31.9 Å². The van der Waals surface area contributed by atoms with E-state index in [2.05, 4.69) is 21.2 Å². The predicted molar refractivity (Wildman–Crippen MR) is 94.9 cm³/mol. The van der Waals surface area contributed by atoms with Crippen molar-refractivity contribution in [2.75, 3.05) is 19.6 Å². The number of benzene rings is 1. The summed E-state index contributed by atoms with van der Waals surface area (Å²) in [5.41, 5.74) is -0.993. The van der Waals surface area contributed by atoms with Crippen molar-refractivity contribution in [1.82, 2.24) is 9.62 Å². The minimum absolute atomic E-state index is 0.141. The summed E-state index contributed by atoms with van der Waals surface area (Å²) < 4.78 is 27.6. The molecule has 8 heteroatoms. The Labute approximate surface area is 151 Å². The zero-order valence-electron chi connectivity index (χ0n) is 13.8. The molecule has 1 aromatic rings. The van der Waals surface area contributed by atoms with E-state index in [9.17, 15) is 18.3 Å². The van der Waals surface area contributed by atoms with Gasteiger partial charge in [-0.15, -0.1) is 0 Å². The molecule has 2 N–H and O–H groups in total. The molecule has 24 heavy (non-hydrogen) atoms. The number of aliphatic hydroxyl groups is 1. The summed E-state index contributed by atoms with van der Waals surface area (Å²) in [4.78, 5) is 12.5. The third-order valence-corrected chi connectivity index (χ3v) is 6.31. The van der Waals surface area contributed by atoms with Crippen LogP contribution in [0.15, 0.2) is 33.6 Å². The molecule has 0 spiro atoms. The number of halogens is 1. The lowest BCUT2D eigenvalue weighted by Gasteiger charge is -2.31. The van der Waals surface area contributed by atoms with E-state index in [1.54, 1.807) is 38.1 Å². The van der Waals surface area contributed by atoms with Gasteiger partial charge in [-0.05, 0) is 51.0 Å². The van der Waals surface area contributed by atoms with E-state index in [4.69, 9.17) is 0 Å². The minimum atomic E-state index is -3.61. The van der Waals surface area contributed by atoms with Gasteiger partial charge in [-0.25, -0.2) is 8.42 Å². The largest absolute Gasteiger partial charge is 0.389 e. The van der Waals surface area contributed by atoms with Crippen molar-refractivity contribution in [1.29, 1.82) is 0 Å². The molecular weight excluding hydrogens is 396 g/mol. The zero-order valence-corrected chi connectivity index (χ0v) is 16.2. The monoisotopic (exact) mass is 418 g/mol. The Morgan fingerprint density at radius 2 is 2.00 bits per heavy atom. The molecule has 0 aromatic heterocycles. The van der Waals surface area contributed by atoms with Crippen LogP contribution in [-0.2, 0) is 14.8 Å². The average molecular weight is 419 g/mol. The van der Waals surface area contributed by atoms with Gasteiger partial charge in [0.05, 0.1) is 16.4 Å². The highest BCUT2D eigenvalue weighted by atomic mass is 79.9. The summed E-state index contributed by atoms with van der Waals surface area (Å²) in [5.74, 6) is -0.612. The average Bonchev–Trinajstić information content (AvgIpc) is 2.52. The Kier molecular flexibility index (Phi) is 6.06. The van der Waals surface area contributed by atoms with Crippen LogP contribution in [0.3, 0.4) is 0 Å². The van der Waals surface area contributed by atoms with Gasteiger partial charge >= 0.3 is 0 Å². The molecule has 1 atom stereocenters. The van der Waals surface area contributed by atoms with Crippen LogP contribution in [0.4, 0.5) is 0 Å². The molecule has 0 radical (unpaired) electrons. The van der Waals surface area contributed by atoms with Crippen molar-refractivity contribution in [2.45, 2.75) is 37.2 Å². The maximum atomic E-state index is 12.7. The van der Waals surface area contributed by atoms with Gasteiger partial charge in [-0.3, -0.25) is 4.79 Å². The van der Waals surface area contributed by atoms with Gasteiger partial charge in [0.15, 0.2) is 0 Å². The third kappa shape index (κ3) is 5.02. The van der Waals surface area contributed by atoms with Crippen LogP contribution in [0.1, 0.15) is 26.7 Å². The first-order valence-corrected chi connectivity index (χ1v) is 10.1. The number of amides is 1. The van der Waals surface area contributed by atoms with Gasteiger partial charge < -0.3 is 10.4 Å². The molecule has 2 rings (SSSR count). The molecule has 6 nitrogen and oxygen atoms in total. The summed E-state index contributed by atoms with van der Waals surface area (Å²) in [7, 11) is -3.61. The van der Waals surface area contributed by atoms with E-state index in [1.807, 2.05) is 0 Å². The predicted octanol–water partition coefficient (Wildman–Crippen LogP) is 1.74. The number of piperidine rings is 1. The standard InChI is InChI=1S/C16H23BrN2O4S/c1-16(2,21)11-18-15(20)12-4-3-9-19(10-12)24(22,23)14-7-5-13(17)6-8-14/h5-8,12,21H,3-4,9-11H2,1-2H3,(H,18,20)/t12-/m0/s1. The highest BCUT2D eigenvalue weighted by molar-refractivity contribution is 9.10. The van der Waals surface area contributed by atoms with Crippen molar-refractivity contribution in [3.8, 4) is 0 Å². The van der Waals surface area contributed by atoms with Gasteiger partial charge in [-0.2, -0.15) is 4.31 Å². The summed E-state index contributed by atoms with van der Waals surface area (Å²) in [5, 5.41) is 12.4. The molecular formula is C16H23BrN2O4S. The molecule has 1 fully saturated rings. The Morgan fingerprint density at radius 1 is 1.38 bits per heavy atom. The Balaban J connectivity index is 2.07. The lowest BCUT2D eigenvalue weighted by molar-refractivity contribution is -0.127. The van der Waals surface area contributed by atoms with Crippen LogP contribution in [0.25, 0.3) is 0 Å². The molecule has 1 aliphatic heterocycles. The van der Waals surface area contributed by atoms with Crippen LogP contribution in [-0.4, -0.2) is 49.0 Å². The minimum Gasteiger partial charge on any atom is -0.389 e. The maximum absolute atomic E-state index is 12.7. The van der Waals surface area contributed by atoms with E-state index in [1.165, 1.54) is 4.31 Å². The number of rotatable bonds is 5. The van der Waals surface area contributed by atoms with Crippen LogP contribution in [0, 0.1) is 5.92 Å². The third-order valence-electron chi connectivity index (χ3n) is 3.90. The second-order valence-electron chi connectivity index (χ2n) is 6.69. The number of nitrogens with one attached hydrogen (secondary N) is 1. The van der Waals surface area contributed by atoms with E-state index in [0.29, 0.717) is 19.4 Å². The second kappa shape index (κ2) is 7.51. The van der Waals surface area contributed by atoms with Crippen molar-refractivity contribution in [3.05, 3.63) is 28.7 Å². The van der Waals surface area contributed by atoms with Gasteiger partial charge in [0.25, 0.3) is 0 Å². The summed E-state index contributed by atoms with van der Waals surface area (Å²) >= 11 is 3.29. The quantitative estimate of drug-likeness (QED) is 0.761. The van der Waals surface area contributed by atoms with Crippen LogP contribution >= 0.6 is 15.9 Å². The fourth-order valence-corrected chi connectivity index (χ4v) is 4.37. The lowest BCUT2D eigenvalue weighted by atomic mass is 9.98. The maximum Gasteiger partial charge on any atom is 0.243 e. The number of sulfonamides is 1. The van der Waals surface area contributed by atoms with Crippen LogP contribution < -0.4 is 5.32 Å². The molecule has 1 aromatic carbocycles. The first kappa shape index (κ1) is 19.4. The molecule has 0 unspecified atom stereocenters. The van der Waals surface area contributed by atoms with Crippen molar-refractivity contribution in [3.63, 3.8) is 0 Å². The molecule has 1 saturated heterocycles. The van der Waals surface area contributed by atoms with E-state index < -0.39 is 21.5 Å². The Morgan fingerprint density at radius 3 is 2.58 bits per heavy atom. The molecule has 1 aliphatic rings. The summed E-state index contributed by atoms with van der Waals surface area (Å²) in [6.07, 6.45) is 1.28. The topological polar surface area (TPSA) is 86.7 Å².